The van der Waals surface area contributed by atoms with Crippen LogP contribution >= 0.6 is 22.7 Å². The lowest BCUT2D eigenvalue weighted by Crippen LogP contribution is -2.04. The Morgan fingerprint density at radius 1 is 0.800 bits per heavy atom. The van der Waals surface area contributed by atoms with Crippen LogP contribution in [0.25, 0.3) is 21.6 Å². The third kappa shape index (κ3) is 2.90. The molecular formula is C21H15NOS2. The van der Waals surface area contributed by atoms with Crippen molar-refractivity contribution in [2.24, 2.45) is 0 Å². The van der Waals surface area contributed by atoms with Crippen molar-refractivity contribution in [1.29, 1.82) is 0 Å². The van der Waals surface area contributed by atoms with Crippen molar-refractivity contribution in [3.8, 4) is 21.6 Å². The van der Waals surface area contributed by atoms with Crippen LogP contribution in [0.1, 0.15) is 15.2 Å². The van der Waals surface area contributed by atoms with Gasteiger partial charge in [-0.15, -0.1) is 22.7 Å². The van der Waals surface area contributed by atoms with E-state index in [1.165, 1.54) is 11.3 Å². The van der Waals surface area contributed by atoms with Crippen LogP contribution in [-0.4, -0.2) is 5.78 Å². The van der Waals surface area contributed by atoms with Crippen molar-refractivity contribution in [3.63, 3.8) is 0 Å². The Balaban J connectivity index is 1.79. The van der Waals surface area contributed by atoms with Gasteiger partial charge in [-0.1, -0.05) is 60.7 Å². The Labute approximate surface area is 154 Å². The molecule has 0 fully saturated rings. The normalized spacial score (nSPS) is 10.7. The number of benzene rings is 2. The molecule has 0 saturated carbocycles. The molecule has 0 aliphatic rings. The van der Waals surface area contributed by atoms with E-state index in [9.17, 15) is 4.79 Å². The summed E-state index contributed by atoms with van der Waals surface area (Å²) in [5, 5.41) is 3.98. The summed E-state index contributed by atoms with van der Waals surface area (Å²) in [6.45, 7) is 0. The Bertz CT molecular complexity index is 1020. The fraction of sp³-hybridized carbons (Fsp3) is 0. The molecule has 0 aliphatic carbocycles. The quantitative estimate of drug-likeness (QED) is 0.456. The Hall–Kier alpha value is -2.69. The topological polar surface area (TPSA) is 43.1 Å². The maximum Gasteiger partial charge on any atom is 0.205 e. The van der Waals surface area contributed by atoms with Crippen LogP contribution in [0.4, 0.5) is 5.69 Å². The highest BCUT2D eigenvalue weighted by molar-refractivity contribution is 7.16. The molecule has 4 rings (SSSR count). The lowest BCUT2D eigenvalue weighted by Gasteiger charge is -2.09. The van der Waals surface area contributed by atoms with E-state index < -0.39 is 0 Å². The molecule has 2 heterocycles. The predicted octanol–water partition coefficient (Wildman–Crippen LogP) is 5.96. The molecule has 2 N–H and O–H groups in total. The first-order chi connectivity index (χ1) is 12.3. The summed E-state index contributed by atoms with van der Waals surface area (Å²) < 4.78 is 0. The van der Waals surface area contributed by atoms with Gasteiger partial charge in [-0.05, 0) is 22.6 Å². The maximum absolute atomic E-state index is 13.2. The summed E-state index contributed by atoms with van der Waals surface area (Å²) in [6.07, 6.45) is 0. The first-order valence-electron chi connectivity index (χ1n) is 7.85. The first kappa shape index (κ1) is 15.8. The minimum Gasteiger partial charge on any atom is -0.397 e. The molecule has 0 bridgehead atoms. The van der Waals surface area contributed by atoms with Gasteiger partial charge in [0.2, 0.25) is 5.78 Å². The van der Waals surface area contributed by atoms with Crippen molar-refractivity contribution >= 4 is 34.1 Å². The van der Waals surface area contributed by atoms with Crippen molar-refractivity contribution in [2.75, 3.05) is 5.73 Å². The van der Waals surface area contributed by atoms with Crippen LogP contribution in [-0.2, 0) is 0 Å². The molecule has 4 aromatic rings. The second kappa shape index (κ2) is 6.67. The van der Waals surface area contributed by atoms with Gasteiger partial charge < -0.3 is 5.73 Å². The molecule has 0 spiro atoms. The summed E-state index contributed by atoms with van der Waals surface area (Å²) in [5.41, 5.74) is 10.5. The average Bonchev–Trinajstić information content (AvgIpc) is 3.31. The van der Waals surface area contributed by atoms with Crippen molar-refractivity contribution < 1.29 is 4.79 Å². The standard InChI is InChI=1S/C21H15NOS2/c22-19-17(18-11-6-12-24-18)13-25-21(19)20(23)16-10-5-4-9-15(16)14-7-2-1-3-8-14/h1-13H,22H2. The maximum atomic E-state index is 13.2. The molecule has 0 atom stereocenters. The number of rotatable bonds is 4. The molecule has 0 amide bonds. The third-order valence-corrected chi connectivity index (χ3v) is 5.98. The van der Waals surface area contributed by atoms with Gasteiger partial charge >= 0.3 is 0 Å². The van der Waals surface area contributed by atoms with E-state index in [2.05, 4.69) is 0 Å². The number of carbonyl (C=O) groups excluding carboxylic acids is 1. The van der Waals surface area contributed by atoms with Crippen LogP contribution in [0, 0.1) is 0 Å². The molecular weight excluding hydrogens is 346 g/mol. The smallest absolute Gasteiger partial charge is 0.205 e. The monoisotopic (exact) mass is 361 g/mol. The van der Waals surface area contributed by atoms with Gasteiger partial charge in [0, 0.05) is 21.4 Å². The van der Waals surface area contributed by atoms with Gasteiger partial charge in [0.15, 0.2) is 0 Å². The number of hydrogen-bond donors (Lipinski definition) is 1. The van der Waals surface area contributed by atoms with E-state index in [1.54, 1.807) is 11.3 Å². The van der Waals surface area contributed by atoms with Crippen molar-refractivity contribution in [2.45, 2.75) is 0 Å². The number of nitrogen functional groups attached to an aromatic ring is 1. The number of nitrogens with two attached hydrogens (primary N) is 1. The largest absolute Gasteiger partial charge is 0.397 e. The first-order valence-corrected chi connectivity index (χ1v) is 9.61. The zero-order chi connectivity index (χ0) is 17.2. The molecule has 2 aromatic carbocycles. The Morgan fingerprint density at radius 3 is 2.32 bits per heavy atom. The highest BCUT2D eigenvalue weighted by Gasteiger charge is 2.21. The highest BCUT2D eigenvalue weighted by Crippen LogP contribution is 2.38. The minimum absolute atomic E-state index is 0.0234. The van der Waals surface area contributed by atoms with Gasteiger partial charge in [0.1, 0.15) is 0 Å². The highest BCUT2D eigenvalue weighted by atomic mass is 32.1. The average molecular weight is 361 g/mol. The number of anilines is 1. The van der Waals surface area contributed by atoms with Crippen molar-refractivity contribution in [3.05, 3.63) is 87.9 Å². The minimum atomic E-state index is -0.0234. The molecule has 122 valence electrons. The van der Waals surface area contributed by atoms with E-state index in [1.807, 2.05) is 77.5 Å². The molecule has 4 heteroatoms. The second-order valence-corrected chi connectivity index (χ2v) is 7.44. The molecule has 0 radical (unpaired) electrons. The van der Waals surface area contributed by atoms with E-state index >= 15 is 0 Å². The predicted molar refractivity (Wildman–Crippen MR) is 107 cm³/mol. The van der Waals surface area contributed by atoms with E-state index in [4.69, 9.17) is 5.73 Å². The summed E-state index contributed by atoms with van der Waals surface area (Å²) in [6, 6.07) is 21.7. The van der Waals surface area contributed by atoms with Crippen LogP contribution < -0.4 is 5.73 Å². The fourth-order valence-electron chi connectivity index (χ4n) is 2.84. The number of thiophene rings is 2. The lowest BCUT2D eigenvalue weighted by atomic mass is 9.96. The molecule has 25 heavy (non-hydrogen) atoms. The van der Waals surface area contributed by atoms with Gasteiger partial charge in [-0.25, -0.2) is 0 Å². The summed E-state index contributed by atoms with van der Waals surface area (Å²) in [7, 11) is 0. The fourth-order valence-corrected chi connectivity index (χ4v) is 4.61. The lowest BCUT2D eigenvalue weighted by molar-refractivity contribution is 0.104. The molecule has 2 aromatic heterocycles. The molecule has 2 nitrogen and oxygen atoms in total. The zero-order valence-corrected chi connectivity index (χ0v) is 14.9. The third-order valence-electron chi connectivity index (χ3n) is 4.08. The molecule has 0 unspecified atom stereocenters. The van der Waals surface area contributed by atoms with Gasteiger partial charge in [0.25, 0.3) is 0 Å². The van der Waals surface area contributed by atoms with Gasteiger partial charge in [-0.3, -0.25) is 4.79 Å². The van der Waals surface area contributed by atoms with Crippen molar-refractivity contribution in [1.82, 2.24) is 0 Å². The Morgan fingerprint density at radius 2 is 1.56 bits per heavy atom. The van der Waals surface area contributed by atoms with E-state index in [-0.39, 0.29) is 5.78 Å². The number of carbonyl (C=O) groups is 1. The summed E-state index contributed by atoms with van der Waals surface area (Å²) in [4.78, 5) is 14.9. The zero-order valence-electron chi connectivity index (χ0n) is 13.3. The van der Waals surface area contributed by atoms with E-state index in [0.29, 0.717) is 16.1 Å². The van der Waals surface area contributed by atoms with Crippen LogP contribution in [0.3, 0.4) is 0 Å². The number of hydrogen-bond acceptors (Lipinski definition) is 4. The van der Waals surface area contributed by atoms with Gasteiger partial charge in [-0.2, -0.15) is 0 Å². The van der Waals surface area contributed by atoms with Crippen LogP contribution in [0.2, 0.25) is 0 Å². The SMILES string of the molecule is Nc1c(-c2cccs2)csc1C(=O)c1ccccc1-c1ccccc1. The summed E-state index contributed by atoms with van der Waals surface area (Å²) >= 11 is 3.04. The molecule has 0 saturated heterocycles. The van der Waals surface area contributed by atoms with Crippen LogP contribution in [0.5, 0.6) is 0 Å². The Kier molecular flexibility index (Phi) is 4.22. The van der Waals surface area contributed by atoms with Gasteiger partial charge in [0.05, 0.1) is 10.6 Å². The number of ketones is 1. The molecule has 0 aliphatic heterocycles. The second-order valence-electron chi connectivity index (χ2n) is 5.61. The van der Waals surface area contributed by atoms with Crippen LogP contribution in [0.15, 0.2) is 77.5 Å². The summed E-state index contributed by atoms with van der Waals surface area (Å²) in [5.74, 6) is -0.0234. The van der Waals surface area contributed by atoms with E-state index in [0.717, 1.165) is 21.6 Å².